The van der Waals surface area contributed by atoms with Crippen LogP contribution in [0, 0.1) is 11.8 Å². The van der Waals surface area contributed by atoms with Crippen LogP contribution in [0.2, 0.25) is 0 Å². The topological polar surface area (TPSA) is 26.3 Å². The van der Waals surface area contributed by atoms with Crippen molar-refractivity contribution in [1.29, 1.82) is 0 Å². The Hall–Kier alpha value is -0.500. The highest BCUT2D eigenvalue weighted by Gasteiger charge is 2.59. The lowest BCUT2D eigenvalue weighted by atomic mass is 9.54. The first kappa shape index (κ1) is 11.6. The van der Waals surface area contributed by atoms with Crippen molar-refractivity contribution in [2.24, 2.45) is 11.8 Å². The van der Waals surface area contributed by atoms with Crippen LogP contribution in [0.15, 0.2) is 12.2 Å². The molecule has 0 aromatic carbocycles. The number of carbonyl (C=O) groups excluding carboxylic acids is 1. The van der Waals surface area contributed by atoms with Gasteiger partial charge < -0.3 is 4.74 Å². The first-order chi connectivity index (χ1) is 7.90. The Morgan fingerprint density at radius 3 is 2.35 bits per heavy atom. The van der Waals surface area contributed by atoms with Gasteiger partial charge in [-0.25, -0.2) is 4.79 Å². The molecule has 4 fully saturated rings. The number of hydrogen-bond donors (Lipinski definition) is 0. The van der Waals surface area contributed by atoms with Gasteiger partial charge in [-0.2, -0.15) is 0 Å². The molecule has 0 heterocycles. The van der Waals surface area contributed by atoms with Gasteiger partial charge in [0.2, 0.25) is 0 Å². The lowest BCUT2D eigenvalue weighted by Gasteiger charge is -2.59. The molecule has 2 atom stereocenters. The number of alkyl halides is 1. The van der Waals surface area contributed by atoms with Crippen LogP contribution in [0.1, 0.15) is 45.4 Å². The van der Waals surface area contributed by atoms with Gasteiger partial charge in [-0.15, -0.1) is 11.6 Å². The minimum atomic E-state index is -0.276. The van der Waals surface area contributed by atoms with Gasteiger partial charge in [-0.1, -0.05) is 6.58 Å². The third kappa shape index (κ3) is 1.91. The van der Waals surface area contributed by atoms with Gasteiger partial charge >= 0.3 is 5.97 Å². The summed E-state index contributed by atoms with van der Waals surface area (Å²) in [7, 11) is 0. The molecule has 2 unspecified atom stereocenters. The van der Waals surface area contributed by atoms with Crippen molar-refractivity contribution in [1.82, 2.24) is 0 Å². The van der Waals surface area contributed by atoms with E-state index in [0.29, 0.717) is 17.4 Å². The highest BCUT2D eigenvalue weighted by Crippen LogP contribution is 2.61. The second kappa shape index (κ2) is 3.50. The molecule has 0 aliphatic heterocycles. The van der Waals surface area contributed by atoms with Crippen molar-refractivity contribution in [2.75, 3.05) is 0 Å². The highest BCUT2D eigenvalue weighted by atomic mass is 35.5. The van der Waals surface area contributed by atoms with Crippen LogP contribution >= 0.6 is 11.6 Å². The molecule has 0 spiro atoms. The number of ether oxygens (including phenoxy) is 1. The van der Waals surface area contributed by atoms with Crippen LogP contribution in [-0.2, 0) is 9.53 Å². The van der Waals surface area contributed by atoms with E-state index in [2.05, 4.69) is 6.58 Å². The van der Waals surface area contributed by atoms with Crippen LogP contribution in [0.4, 0.5) is 0 Å². The standard InChI is InChI=1S/C14H19ClO2/c1-9(2)12(16)17-14-6-10-3-11(7-14)5-13(15,4-10)8-14/h10-11H,1,3-8H2,2H3. The summed E-state index contributed by atoms with van der Waals surface area (Å²) in [6.07, 6.45) is 6.36. The van der Waals surface area contributed by atoms with E-state index in [1.807, 2.05) is 0 Å². The molecule has 4 bridgehead atoms. The van der Waals surface area contributed by atoms with Crippen LogP contribution in [-0.4, -0.2) is 16.4 Å². The number of carbonyl (C=O) groups is 1. The molecule has 4 aliphatic carbocycles. The predicted octanol–water partition coefficient (Wildman–Crippen LogP) is 3.44. The first-order valence-electron chi connectivity index (χ1n) is 6.48. The zero-order valence-corrected chi connectivity index (χ0v) is 11.1. The Bertz CT molecular complexity index is 374. The Morgan fingerprint density at radius 2 is 1.88 bits per heavy atom. The summed E-state index contributed by atoms with van der Waals surface area (Å²) in [6.45, 7) is 5.37. The quantitative estimate of drug-likeness (QED) is 0.429. The van der Waals surface area contributed by atoms with Crippen LogP contribution < -0.4 is 0 Å². The maximum Gasteiger partial charge on any atom is 0.333 e. The summed E-state index contributed by atoms with van der Waals surface area (Å²) in [5.41, 5.74) is 0.214. The SMILES string of the molecule is C=C(C)C(=O)OC12CC3CC(CC(Cl)(C3)C1)C2. The molecular weight excluding hydrogens is 236 g/mol. The van der Waals surface area contributed by atoms with E-state index in [-0.39, 0.29) is 16.4 Å². The number of hydrogen-bond acceptors (Lipinski definition) is 2. The van der Waals surface area contributed by atoms with Crippen molar-refractivity contribution in [3.8, 4) is 0 Å². The summed E-state index contributed by atoms with van der Waals surface area (Å²) in [5, 5.41) is 0. The van der Waals surface area contributed by atoms with Gasteiger partial charge in [0.15, 0.2) is 0 Å². The van der Waals surface area contributed by atoms with Gasteiger partial charge in [0.1, 0.15) is 5.60 Å². The number of rotatable bonds is 2. The summed E-state index contributed by atoms with van der Waals surface area (Å²) in [6, 6.07) is 0. The monoisotopic (exact) mass is 254 g/mol. The first-order valence-corrected chi connectivity index (χ1v) is 6.85. The number of halogens is 1. The zero-order chi connectivity index (χ0) is 12.3. The van der Waals surface area contributed by atoms with E-state index in [9.17, 15) is 4.79 Å². The largest absolute Gasteiger partial charge is 0.456 e. The fourth-order valence-electron chi connectivity index (χ4n) is 4.47. The third-order valence-electron chi connectivity index (χ3n) is 4.59. The van der Waals surface area contributed by atoms with E-state index < -0.39 is 0 Å². The van der Waals surface area contributed by atoms with Gasteiger partial charge in [-0.05, 0) is 50.9 Å². The van der Waals surface area contributed by atoms with E-state index in [1.165, 1.54) is 6.42 Å². The Morgan fingerprint density at radius 1 is 1.29 bits per heavy atom. The molecule has 17 heavy (non-hydrogen) atoms. The summed E-state index contributed by atoms with van der Waals surface area (Å²) in [4.78, 5) is 11.7. The summed E-state index contributed by atoms with van der Waals surface area (Å²) in [5.74, 6) is 1.07. The molecule has 4 aliphatic rings. The Balaban J connectivity index is 1.83. The Kier molecular flexibility index (Phi) is 2.39. The molecular formula is C14H19ClO2. The van der Waals surface area contributed by atoms with Crippen LogP contribution in [0.5, 0.6) is 0 Å². The summed E-state index contributed by atoms with van der Waals surface area (Å²) >= 11 is 6.67. The van der Waals surface area contributed by atoms with Gasteiger partial charge in [-0.3, -0.25) is 0 Å². The minimum absolute atomic E-state index is 0.0978. The molecule has 0 N–H and O–H groups in total. The molecule has 0 saturated heterocycles. The number of esters is 1. The van der Waals surface area contributed by atoms with Crippen molar-refractivity contribution in [3.05, 3.63) is 12.2 Å². The fourth-order valence-corrected chi connectivity index (χ4v) is 5.15. The van der Waals surface area contributed by atoms with Crippen molar-refractivity contribution in [3.63, 3.8) is 0 Å². The summed E-state index contributed by atoms with van der Waals surface area (Å²) < 4.78 is 5.75. The van der Waals surface area contributed by atoms with E-state index in [4.69, 9.17) is 16.3 Å². The molecule has 4 saturated carbocycles. The van der Waals surface area contributed by atoms with Crippen molar-refractivity contribution in [2.45, 2.75) is 55.9 Å². The highest BCUT2D eigenvalue weighted by molar-refractivity contribution is 6.24. The average molecular weight is 255 g/mol. The second-order valence-corrected chi connectivity index (χ2v) is 7.27. The van der Waals surface area contributed by atoms with Gasteiger partial charge in [0.05, 0.1) is 0 Å². The van der Waals surface area contributed by atoms with Crippen molar-refractivity contribution < 1.29 is 9.53 Å². The molecule has 0 aromatic rings. The lowest BCUT2D eigenvalue weighted by Crippen LogP contribution is -2.58. The average Bonchev–Trinajstić information content (AvgIpc) is 2.11. The molecule has 0 amide bonds. The maximum absolute atomic E-state index is 11.8. The van der Waals surface area contributed by atoms with E-state index in [0.717, 1.165) is 32.1 Å². The Labute approximate surface area is 107 Å². The fraction of sp³-hybridized carbons (Fsp3) is 0.786. The van der Waals surface area contributed by atoms with Crippen molar-refractivity contribution >= 4 is 17.6 Å². The molecule has 0 aromatic heterocycles. The zero-order valence-electron chi connectivity index (χ0n) is 10.3. The van der Waals surface area contributed by atoms with Gasteiger partial charge in [0.25, 0.3) is 0 Å². The normalized spacial score (nSPS) is 46.9. The smallest absolute Gasteiger partial charge is 0.333 e. The molecule has 3 heteroatoms. The lowest BCUT2D eigenvalue weighted by molar-refractivity contribution is -0.179. The van der Waals surface area contributed by atoms with Crippen LogP contribution in [0.25, 0.3) is 0 Å². The second-order valence-electron chi connectivity index (χ2n) is 6.46. The maximum atomic E-state index is 11.8. The van der Waals surface area contributed by atoms with E-state index in [1.54, 1.807) is 6.92 Å². The van der Waals surface area contributed by atoms with Gasteiger partial charge in [0, 0.05) is 16.9 Å². The predicted molar refractivity (Wildman–Crippen MR) is 66.9 cm³/mol. The molecule has 0 radical (unpaired) electrons. The molecule has 94 valence electrons. The minimum Gasteiger partial charge on any atom is -0.456 e. The van der Waals surface area contributed by atoms with E-state index >= 15 is 0 Å². The third-order valence-corrected chi connectivity index (χ3v) is 5.04. The van der Waals surface area contributed by atoms with Crippen LogP contribution in [0.3, 0.4) is 0 Å². The molecule has 2 nitrogen and oxygen atoms in total. The molecule has 4 rings (SSSR count).